The van der Waals surface area contributed by atoms with Gasteiger partial charge in [-0.2, -0.15) is 0 Å². The highest BCUT2D eigenvalue weighted by Gasteiger charge is 2.07. The summed E-state index contributed by atoms with van der Waals surface area (Å²) < 4.78 is 18.1. The van der Waals surface area contributed by atoms with E-state index in [0.29, 0.717) is 11.7 Å². The van der Waals surface area contributed by atoms with Crippen molar-refractivity contribution in [2.24, 2.45) is 0 Å². The predicted octanol–water partition coefficient (Wildman–Crippen LogP) is 3.63. The van der Waals surface area contributed by atoms with Crippen molar-refractivity contribution in [2.45, 2.75) is 11.7 Å². The molecule has 1 aromatic heterocycles. The number of thioether (sulfide) groups is 1. The molecular weight excluding hydrogens is 353 g/mol. The fourth-order valence-corrected chi connectivity index (χ4v) is 2.96. The molecule has 134 valence electrons. The molecule has 0 radical (unpaired) electrons. The number of aromatic nitrogens is 2. The third kappa shape index (κ3) is 4.86. The second-order valence-corrected chi connectivity index (χ2v) is 6.49. The van der Waals surface area contributed by atoms with Gasteiger partial charge in [-0.1, -0.05) is 23.9 Å². The van der Waals surface area contributed by atoms with Crippen LogP contribution < -0.4 is 10.1 Å². The van der Waals surface area contributed by atoms with Crippen molar-refractivity contribution in [1.29, 1.82) is 0 Å². The summed E-state index contributed by atoms with van der Waals surface area (Å²) in [7, 11) is 1.62. The summed E-state index contributed by atoms with van der Waals surface area (Å²) in [6.07, 6.45) is 1.67. The number of halogens is 1. The molecular formula is C19H18FN3O2S. The number of amides is 1. The Morgan fingerprint density at radius 3 is 2.62 bits per heavy atom. The molecule has 0 atom stereocenters. The number of carbonyl (C=O) groups excluding carboxylic acids is 1. The largest absolute Gasteiger partial charge is 0.497 e. The molecule has 5 nitrogen and oxygen atoms in total. The molecule has 0 unspecified atom stereocenters. The van der Waals surface area contributed by atoms with Gasteiger partial charge in [0.1, 0.15) is 11.6 Å². The average molecular weight is 371 g/mol. The van der Waals surface area contributed by atoms with Gasteiger partial charge in [-0.3, -0.25) is 4.79 Å². The zero-order chi connectivity index (χ0) is 18.4. The average Bonchev–Trinajstić information content (AvgIpc) is 3.14. The van der Waals surface area contributed by atoms with E-state index in [1.54, 1.807) is 25.4 Å². The summed E-state index contributed by atoms with van der Waals surface area (Å²) in [5.74, 6) is 0.680. The quantitative estimate of drug-likeness (QED) is 0.623. The summed E-state index contributed by atoms with van der Waals surface area (Å²) in [6, 6.07) is 13.7. The van der Waals surface area contributed by atoms with E-state index < -0.39 is 0 Å². The minimum Gasteiger partial charge on any atom is -0.497 e. The van der Waals surface area contributed by atoms with E-state index in [4.69, 9.17) is 4.74 Å². The topological polar surface area (TPSA) is 67.0 Å². The maximum Gasteiger partial charge on any atom is 0.230 e. The van der Waals surface area contributed by atoms with Gasteiger partial charge in [0.2, 0.25) is 5.91 Å². The first-order chi connectivity index (χ1) is 12.6. The zero-order valence-corrected chi connectivity index (χ0v) is 15.0. The number of imidazole rings is 1. The summed E-state index contributed by atoms with van der Waals surface area (Å²) in [6.45, 7) is 0.461. The number of rotatable bonds is 7. The Morgan fingerprint density at radius 2 is 1.92 bits per heavy atom. The Kier molecular flexibility index (Phi) is 5.91. The van der Waals surface area contributed by atoms with Crippen LogP contribution in [-0.2, 0) is 11.3 Å². The van der Waals surface area contributed by atoms with Crippen LogP contribution in [0.2, 0.25) is 0 Å². The van der Waals surface area contributed by atoms with Gasteiger partial charge in [0, 0.05) is 6.54 Å². The highest BCUT2D eigenvalue weighted by atomic mass is 32.2. The highest BCUT2D eigenvalue weighted by molar-refractivity contribution is 7.99. The van der Waals surface area contributed by atoms with Crippen LogP contribution in [0.1, 0.15) is 5.56 Å². The smallest absolute Gasteiger partial charge is 0.230 e. The van der Waals surface area contributed by atoms with Gasteiger partial charge in [0.15, 0.2) is 5.16 Å². The van der Waals surface area contributed by atoms with Crippen LogP contribution in [0.3, 0.4) is 0 Å². The molecule has 2 N–H and O–H groups in total. The molecule has 0 aliphatic heterocycles. The Morgan fingerprint density at radius 1 is 1.19 bits per heavy atom. The summed E-state index contributed by atoms with van der Waals surface area (Å²) in [4.78, 5) is 19.4. The van der Waals surface area contributed by atoms with E-state index in [2.05, 4.69) is 15.3 Å². The number of aromatic amines is 1. The molecule has 7 heteroatoms. The Bertz CT molecular complexity index is 863. The zero-order valence-electron chi connectivity index (χ0n) is 14.2. The van der Waals surface area contributed by atoms with E-state index in [0.717, 1.165) is 22.6 Å². The molecule has 26 heavy (non-hydrogen) atoms. The van der Waals surface area contributed by atoms with Crippen molar-refractivity contribution in [3.8, 4) is 17.0 Å². The number of methoxy groups -OCH3 is 1. The van der Waals surface area contributed by atoms with Gasteiger partial charge < -0.3 is 15.0 Å². The number of H-pyrrole nitrogens is 1. The maximum atomic E-state index is 13.0. The minimum atomic E-state index is -0.281. The van der Waals surface area contributed by atoms with Gasteiger partial charge >= 0.3 is 0 Å². The van der Waals surface area contributed by atoms with Gasteiger partial charge in [-0.25, -0.2) is 9.37 Å². The molecule has 3 rings (SSSR count). The van der Waals surface area contributed by atoms with Gasteiger partial charge in [-0.05, 0) is 47.5 Å². The molecule has 1 heterocycles. The van der Waals surface area contributed by atoms with E-state index in [1.165, 1.54) is 23.9 Å². The van der Waals surface area contributed by atoms with E-state index >= 15 is 0 Å². The van der Waals surface area contributed by atoms with E-state index in [1.807, 2.05) is 24.3 Å². The standard InChI is InChI=1S/C19H18FN3O2S/c1-25-16-8-2-13(3-9-16)10-21-18(24)12-26-19-22-11-17(23-19)14-4-6-15(20)7-5-14/h2-9,11H,10,12H2,1H3,(H,21,24)(H,22,23). The van der Waals surface area contributed by atoms with E-state index in [-0.39, 0.29) is 17.5 Å². The molecule has 0 aliphatic rings. The highest BCUT2D eigenvalue weighted by Crippen LogP contribution is 2.21. The Balaban J connectivity index is 1.47. The van der Waals surface area contributed by atoms with Gasteiger partial charge in [-0.15, -0.1) is 0 Å². The van der Waals surface area contributed by atoms with Crippen LogP contribution in [0.25, 0.3) is 11.3 Å². The Labute approximate surface area is 155 Å². The van der Waals surface area contributed by atoms with Crippen molar-refractivity contribution < 1.29 is 13.9 Å². The first-order valence-corrected chi connectivity index (χ1v) is 8.96. The second-order valence-electron chi connectivity index (χ2n) is 5.52. The number of hydrogen-bond donors (Lipinski definition) is 2. The molecule has 0 spiro atoms. The minimum absolute atomic E-state index is 0.0782. The van der Waals surface area contributed by atoms with Crippen LogP contribution in [-0.4, -0.2) is 28.7 Å². The molecule has 0 fully saturated rings. The molecule has 1 amide bonds. The van der Waals surface area contributed by atoms with Gasteiger partial charge in [0.05, 0.1) is 24.8 Å². The number of ether oxygens (including phenoxy) is 1. The van der Waals surface area contributed by atoms with Crippen LogP contribution in [0, 0.1) is 5.82 Å². The lowest BCUT2D eigenvalue weighted by Crippen LogP contribution is -2.24. The van der Waals surface area contributed by atoms with Gasteiger partial charge in [0.25, 0.3) is 0 Å². The molecule has 0 saturated carbocycles. The lowest BCUT2D eigenvalue weighted by Gasteiger charge is -2.05. The second kappa shape index (κ2) is 8.53. The first-order valence-electron chi connectivity index (χ1n) is 7.97. The molecule has 0 aliphatic carbocycles. The Hall–Kier alpha value is -2.80. The lowest BCUT2D eigenvalue weighted by molar-refractivity contribution is -0.118. The number of benzene rings is 2. The molecule has 0 bridgehead atoms. The molecule has 0 saturated heterocycles. The number of hydrogen-bond acceptors (Lipinski definition) is 4. The van der Waals surface area contributed by atoms with Crippen LogP contribution >= 0.6 is 11.8 Å². The fraction of sp³-hybridized carbons (Fsp3) is 0.158. The summed E-state index contributed by atoms with van der Waals surface area (Å²) in [5, 5.41) is 3.51. The molecule has 3 aromatic rings. The number of carbonyl (C=O) groups is 1. The van der Waals surface area contributed by atoms with Crippen LogP contribution in [0.15, 0.2) is 59.9 Å². The first kappa shape index (κ1) is 18.0. The van der Waals surface area contributed by atoms with Crippen molar-refractivity contribution in [3.05, 3.63) is 66.1 Å². The monoisotopic (exact) mass is 371 g/mol. The van der Waals surface area contributed by atoms with Crippen molar-refractivity contribution in [1.82, 2.24) is 15.3 Å². The summed E-state index contributed by atoms with van der Waals surface area (Å²) in [5.41, 5.74) is 2.63. The maximum absolute atomic E-state index is 13.0. The summed E-state index contributed by atoms with van der Waals surface area (Å²) >= 11 is 1.32. The van der Waals surface area contributed by atoms with Crippen molar-refractivity contribution in [2.75, 3.05) is 12.9 Å². The predicted molar refractivity (Wildman–Crippen MR) is 99.5 cm³/mol. The van der Waals surface area contributed by atoms with E-state index in [9.17, 15) is 9.18 Å². The SMILES string of the molecule is COc1ccc(CNC(=O)CSc2ncc(-c3ccc(F)cc3)[nH]2)cc1. The fourth-order valence-electron chi connectivity index (χ4n) is 2.28. The normalized spacial score (nSPS) is 10.5. The van der Waals surface area contributed by atoms with Crippen molar-refractivity contribution >= 4 is 17.7 Å². The lowest BCUT2D eigenvalue weighted by atomic mass is 10.2. The van der Waals surface area contributed by atoms with Crippen LogP contribution in [0.4, 0.5) is 4.39 Å². The molecule has 2 aromatic carbocycles. The third-order valence-corrected chi connectivity index (χ3v) is 4.58. The number of nitrogens with zero attached hydrogens (tertiary/aromatic N) is 1. The third-order valence-electron chi connectivity index (χ3n) is 3.70. The van der Waals surface area contributed by atoms with Crippen molar-refractivity contribution in [3.63, 3.8) is 0 Å². The van der Waals surface area contributed by atoms with Crippen LogP contribution in [0.5, 0.6) is 5.75 Å². The number of nitrogens with one attached hydrogen (secondary N) is 2.